The van der Waals surface area contributed by atoms with Gasteiger partial charge in [0.2, 0.25) is 0 Å². The van der Waals surface area contributed by atoms with Gasteiger partial charge in [0.15, 0.2) is 11.5 Å². The zero-order valence-electron chi connectivity index (χ0n) is 17.2. The number of aromatic hydroxyl groups is 1. The molecule has 3 aromatic carbocycles. The van der Waals surface area contributed by atoms with Crippen molar-refractivity contribution in [2.45, 2.75) is 13.0 Å². The van der Waals surface area contributed by atoms with Crippen LogP contribution < -0.4 is 15.1 Å². The summed E-state index contributed by atoms with van der Waals surface area (Å²) in [6.45, 7) is 1.86. The molecule has 1 N–H and O–H groups in total. The van der Waals surface area contributed by atoms with Crippen LogP contribution >= 0.6 is 0 Å². The van der Waals surface area contributed by atoms with Gasteiger partial charge in [-0.3, -0.25) is 0 Å². The quantitative estimate of drug-likeness (QED) is 0.382. The second-order valence-corrected chi connectivity index (χ2v) is 7.02. The molecule has 6 heteroatoms. The van der Waals surface area contributed by atoms with Crippen LogP contribution in [0.15, 0.2) is 57.7 Å². The molecule has 1 heterocycles. The highest BCUT2D eigenvalue weighted by molar-refractivity contribution is 6.07. The van der Waals surface area contributed by atoms with Gasteiger partial charge in [-0.05, 0) is 42.3 Å². The van der Waals surface area contributed by atoms with Crippen molar-refractivity contribution in [2.24, 2.45) is 0 Å². The molecule has 1 atom stereocenters. The van der Waals surface area contributed by atoms with E-state index in [9.17, 15) is 9.90 Å². The van der Waals surface area contributed by atoms with Crippen LogP contribution in [0.25, 0.3) is 21.7 Å². The Bertz CT molecular complexity index is 1300. The number of hydrogen-bond acceptors (Lipinski definition) is 6. The molecule has 0 bridgehead atoms. The lowest BCUT2D eigenvalue weighted by atomic mass is 9.95. The molecular formula is C24H22O6. The molecule has 4 rings (SSSR count). The smallest absolute Gasteiger partial charge is 0.336 e. The molecule has 0 fully saturated rings. The first-order valence-electron chi connectivity index (χ1n) is 9.42. The zero-order chi connectivity index (χ0) is 21.4. The average molecular weight is 406 g/mol. The lowest BCUT2D eigenvalue weighted by molar-refractivity contribution is 0.134. The number of ether oxygens (including phenoxy) is 3. The van der Waals surface area contributed by atoms with Crippen molar-refractivity contribution in [1.29, 1.82) is 0 Å². The van der Waals surface area contributed by atoms with E-state index in [0.29, 0.717) is 33.4 Å². The van der Waals surface area contributed by atoms with Gasteiger partial charge in [-0.15, -0.1) is 0 Å². The van der Waals surface area contributed by atoms with E-state index in [2.05, 4.69) is 0 Å². The summed E-state index contributed by atoms with van der Waals surface area (Å²) < 4.78 is 21.9. The first kappa shape index (κ1) is 19.8. The van der Waals surface area contributed by atoms with Crippen molar-refractivity contribution in [1.82, 2.24) is 0 Å². The van der Waals surface area contributed by atoms with Gasteiger partial charge in [-0.1, -0.05) is 18.2 Å². The minimum Gasteiger partial charge on any atom is -0.507 e. The van der Waals surface area contributed by atoms with Gasteiger partial charge in [-0.2, -0.15) is 0 Å². The molecule has 0 aliphatic carbocycles. The van der Waals surface area contributed by atoms with E-state index >= 15 is 0 Å². The Morgan fingerprint density at radius 1 is 0.867 bits per heavy atom. The Morgan fingerprint density at radius 2 is 1.57 bits per heavy atom. The molecule has 0 saturated heterocycles. The summed E-state index contributed by atoms with van der Waals surface area (Å²) in [5, 5.41) is 13.2. The number of benzene rings is 3. The van der Waals surface area contributed by atoms with Crippen LogP contribution in [0, 0.1) is 6.92 Å². The van der Waals surface area contributed by atoms with Crippen LogP contribution in [-0.4, -0.2) is 26.4 Å². The van der Waals surface area contributed by atoms with Gasteiger partial charge in [0.25, 0.3) is 0 Å². The first-order chi connectivity index (χ1) is 14.5. The Hall–Kier alpha value is -3.51. The van der Waals surface area contributed by atoms with Gasteiger partial charge < -0.3 is 23.7 Å². The standard InChI is InChI=1S/C24H22O6/c1-13-11-21(25)30-24-15(13)6-7-16-17(24)8-9-18(22(16)26)23(29-4)14-5-10-19(27-2)20(12-14)28-3/h5-12,23,26H,1-4H3. The maximum atomic E-state index is 11.9. The van der Waals surface area contributed by atoms with Crippen LogP contribution in [-0.2, 0) is 4.74 Å². The van der Waals surface area contributed by atoms with Crippen LogP contribution in [0.4, 0.5) is 0 Å². The largest absolute Gasteiger partial charge is 0.507 e. The van der Waals surface area contributed by atoms with E-state index in [4.69, 9.17) is 18.6 Å². The number of hydrogen-bond donors (Lipinski definition) is 1. The SMILES string of the molecule is COc1ccc(C(OC)c2ccc3c(ccc4c(C)cc(=O)oc43)c2O)cc1OC. The minimum atomic E-state index is -0.533. The van der Waals surface area contributed by atoms with Crippen LogP contribution in [0.3, 0.4) is 0 Å². The van der Waals surface area contributed by atoms with Crippen molar-refractivity contribution in [3.63, 3.8) is 0 Å². The molecule has 0 radical (unpaired) electrons. The van der Waals surface area contributed by atoms with E-state index in [0.717, 1.165) is 16.5 Å². The van der Waals surface area contributed by atoms with E-state index in [-0.39, 0.29) is 5.75 Å². The summed E-state index contributed by atoms with van der Waals surface area (Å²) in [5.74, 6) is 1.25. The molecule has 30 heavy (non-hydrogen) atoms. The molecule has 6 nitrogen and oxygen atoms in total. The second kappa shape index (κ2) is 7.72. The monoisotopic (exact) mass is 406 g/mol. The van der Waals surface area contributed by atoms with Crippen molar-refractivity contribution in [3.05, 3.63) is 75.6 Å². The number of rotatable bonds is 5. The second-order valence-electron chi connectivity index (χ2n) is 7.02. The van der Waals surface area contributed by atoms with Gasteiger partial charge in [0.1, 0.15) is 17.4 Å². The molecular weight excluding hydrogens is 384 g/mol. The van der Waals surface area contributed by atoms with Crippen molar-refractivity contribution in [2.75, 3.05) is 21.3 Å². The van der Waals surface area contributed by atoms with Gasteiger partial charge in [-0.25, -0.2) is 4.79 Å². The Kier molecular flexibility index (Phi) is 5.10. The molecule has 0 saturated carbocycles. The van der Waals surface area contributed by atoms with Crippen molar-refractivity contribution in [3.8, 4) is 17.2 Å². The summed E-state index contributed by atoms with van der Waals surface area (Å²) >= 11 is 0. The van der Waals surface area contributed by atoms with Crippen LogP contribution in [0.2, 0.25) is 0 Å². The minimum absolute atomic E-state index is 0.0696. The summed E-state index contributed by atoms with van der Waals surface area (Å²) in [4.78, 5) is 11.9. The van der Waals surface area contributed by atoms with E-state index in [1.165, 1.54) is 6.07 Å². The topological polar surface area (TPSA) is 78.1 Å². The molecule has 1 aromatic heterocycles. The predicted molar refractivity (Wildman–Crippen MR) is 115 cm³/mol. The summed E-state index contributed by atoms with van der Waals surface area (Å²) in [6, 6.07) is 14.2. The molecule has 1 unspecified atom stereocenters. The molecule has 0 aliphatic rings. The Morgan fingerprint density at radius 3 is 2.27 bits per heavy atom. The fourth-order valence-electron chi connectivity index (χ4n) is 3.85. The summed E-state index contributed by atoms with van der Waals surface area (Å²) in [5.41, 5.74) is 2.25. The molecule has 0 spiro atoms. The maximum absolute atomic E-state index is 11.9. The average Bonchev–Trinajstić information content (AvgIpc) is 2.75. The molecule has 4 aromatic rings. The highest BCUT2D eigenvalue weighted by Crippen LogP contribution is 2.41. The Balaban J connectivity index is 1.91. The first-order valence-corrected chi connectivity index (χ1v) is 9.42. The lowest BCUT2D eigenvalue weighted by Gasteiger charge is -2.20. The third kappa shape index (κ3) is 3.15. The summed E-state index contributed by atoms with van der Waals surface area (Å²) in [7, 11) is 4.72. The number of phenolic OH excluding ortho intramolecular Hbond substituents is 1. The van der Waals surface area contributed by atoms with E-state index in [1.807, 2.05) is 37.3 Å². The molecule has 0 amide bonds. The van der Waals surface area contributed by atoms with Crippen LogP contribution in [0.5, 0.6) is 17.2 Å². The number of fused-ring (bicyclic) bond motifs is 3. The molecule has 0 aliphatic heterocycles. The van der Waals surface area contributed by atoms with Gasteiger partial charge in [0, 0.05) is 34.9 Å². The van der Waals surface area contributed by atoms with Gasteiger partial charge in [0.05, 0.1) is 14.2 Å². The third-order valence-corrected chi connectivity index (χ3v) is 5.34. The fourth-order valence-corrected chi connectivity index (χ4v) is 3.85. The number of aryl methyl sites for hydroxylation is 1. The molecule has 154 valence electrons. The van der Waals surface area contributed by atoms with Crippen molar-refractivity contribution < 1.29 is 23.7 Å². The number of phenols is 1. The fraction of sp³-hybridized carbons (Fsp3) is 0.208. The normalized spacial score (nSPS) is 12.3. The lowest BCUT2D eigenvalue weighted by Crippen LogP contribution is -2.05. The van der Waals surface area contributed by atoms with Crippen LogP contribution in [0.1, 0.15) is 22.8 Å². The maximum Gasteiger partial charge on any atom is 0.336 e. The van der Waals surface area contributed by atoms with Crippen molar-refractivity contribution >= 4 is 21.7 Å². The highest BCUT2D eigenvalue weighted by atomic mass is 16.5. The highest BCUT2D eigenvalue weighted by Gasteiger charge is 2.21. The van der Waals surface area contributed by atoms with E-state index < -0.39 is 11.7 Å². The number of methoxy groups -OCH3 is 3. The van der Waals surface area contributed by atoms with Gasteiger partial charge >= 0.3 is 5.63 Å². The zero-order valence-corrected chi connectivity index (χ0v) is 17.2. The third-order valence-electron chi connectivity index (χ3n) is 5.34. The summed E-state index contributed by atoms with van der Waals surface area (Å²) in [6.07, 6.45) is -0.533. The van der Waals surface area contributed by atoms with E-state index in [1.54, 1.807) is 33.5 Å². The predicted octanol–water partition coefficient (Wildman–Crippen LogP) is 4.71. The Labute approximate surface area is 173 Å².